The summed E-state index contributed by atoms with van der Waals surface area (Å²) >= 11 is 0. The van der Waals surface area contributed by atoms with Crippen molar-refractivity contribution in [2.75, 3.05) is 43.6 Å². The second kappa shape index (κ2) is 8.07. The van der Waals surface area contributed by atoms with E-state index in [1.807, 2.05) is 24.3 Å². The molecule has 2 aliphatic rings. The minimum Gasteiger partial charge on any atom is -0.466 e. The highest BCUT2D eigenvalue weighted by Crippen LogP contribution is 2.40. The molecule has 0 radical (unpaired) electrons. The van der Waals surface area contributed by atoms with Crippen molar-refractivity contribution < 1.29 is 14.3 Å². The Hall–Kier alpha value is -3.33. The van der Waals surface area contributed by atoms with Crippen molar-refractivity contribution in [3.63, 3.8) is 0 Å². The fourth-order valence-electron chi connectivity index (χ4n) is 4.30. The van der Waals surface area contributed by atoms with Crippen LogP contribution in [0.2, 0.25) is 0 Å². The Morgan fingerprint density at radius 3 is 2.35 bits per heavy atom. The summed E-state index contributed by atoms with van der Waals surface area (Å²) in [4.78, 5) is 40.6. The quantitative estimate of drug-likeness (QED) is 0.730. The topological polar surface area (TPSA) is 94.8 Å². The van der Waals surface area contributed by atoms with E-state index in [2.05, 4.69) is 10.2 Å². The maximum atomic E-state index is 13.2. The largest absolute Gasteiger partial charge is 0.466 e. The molecule has 1 N–H and O–H groups in total. The Morgan fingerprint density at radius 2 is 1.74 bits per heavy atom. The lowest BCUT2D eigenvalue weighted by molar-refractivity contribution is -0.136. The van der Waals surface area contributed by atoms with Gasteiger partial charge in [-0.15, -0.1) is 0 Å². The Morgan fingerprint density at radius 1 is 1.10 bits per heavy atom. The number of nitrogens with zero attached hydrogens (tertiary/aromatic N) is 3. The lowest BCUT2D eigenvalue weighted by atomic mass is 9.82. The van der Waals surface area contributed by atoms with E-state index in [0.29, 0.717) is 35.9 Å². The van der Waals surface area contributed by atoms with E-state index >= 15 is 0 Å². The van der Waals surface area contributed by atoms with Crippen molar-refractivity contribution in [2.24, 2.45) is 14.1 Å². The number of ether oxygens (including phenoxy) is 2. The van der Waals surface area contributed by atoms with Gasteiger partial charge < -0.3 is 19.7 Å². The first-order chi connectivity index (χ1) is 14.8. The third-order valence-corrected chi connectivity index (χ3v) is 5.99. The molecule has 1 aromatic heterocycles. The number of benzene rings is 1. The molecule has 4 rings (SSSR count). The van der Waals surface area contributed by atoms with E-state index in [1.54, 1.807) is 14.0 Å². The number of carbonyl (C=O) groups is 1. The number of carbonyl (C=O) groups excluding carboxylic acids is 1. The smallest absolute Gasteiger partial charge is 0.336 e. The van der Waals surface area contributed by atoms with Gasteiger partial charge in [-0.3, -0.25) is 13.9 Å². The third-order valence-electron chi connectivity index (χ3n) is 5.99. The summed E-state index contributed by atoms with van der Waals surface area (Å²) in [5.74, 6) is -0.790. The highest BCUT2D eigenvalue weighted by molar-refractivity contribution is 5.94. The molecule has 3 heterocycles. The van der Waals surface area contributed by atoms with Crippen LogP contribution in [0.5, 0.6) is 0 Å². The van der Waals surface area contributed by atoms with Crippen LogP contribution in [0.4, 0.5) is 11.5 Å². The summed E-state index contributed by atoms with van der Waals surface area (Å²) in [7, 11) is 4.35. The van der Waals surface area contributed by atoms with Crippen LogP contribution in [0.15, 0.2) is 45.1 Å². The van der Waals surface area contributed by atoms with Crippen molar-refractivity contribution in [1.29, 1.82) is 0 Å². The molecular weight excluding hydrogens is 400 g/mol. The van der Waals surface area contributed by atoms with Gasteiger partial charge in [0.05, 0.1) is 37.4 Å². The number of hydrogen-bond donors (Lipinski definition) is 1. The number of esters is 1. The molecule has 2 aliphatic heterocycles. The molecule has 2 aromatic rings. The monoisotopic (exact) mass is 426 g/mol. The van der Waals surface area contributed by atoms with Crippen LogP contribution in [-0.2, 0) is 28.4 Å². The number of morpholine rings is 1. The number of nitrogens with one attached hydrogen (secondary N) is 1. The predicted octanol–water partition coefficient (Wildman–Crippen LogP) is 0.925. The zero-order chi connectivity index (χ0) is 22.3. The molecule has 164 valence electrons. The standard InChI is InChI=1S/C22H26N4O5/c1-13-16(21(28)30-4)17(18-19(23-13)24(2)22(29)25(3)20(18)27)14-5-7-15(8-6-14)26-9-11-31-12-10-26/h5-8,17,23H,9-12H2,1-4H3. The van der Waals surface area contributed by atoms with E-state index in [-0.39, 0.29) is 0 Å². The molecule has 0 aliphatic carbocycles. The van der Waals surface area contributed by atoms with Gasteiger partial charge in [-0.05, 0) is 24.6 Å². The molecule has 9 nitrogen and oxygen atoms in total. The number of anilines is 2. The van der Waals surface area contributed by atoms with Crippen LogP contribution < -0.4 is 21.5 Å². The first-order valence-corrected chi connectivity index (χ1v) is 10.1. The normalized spacial score (nSPS) is 18.5. The third kappa shape index (κ3) is 3.44. The molecule has 0 bridgehead atoms. The second-order valence-corrected chi connectivity index (χ2v) is 7.75. The molecule has 1 fully saturated rings. The van der Waals surface area contributed by atoms with Crippen LogP contribution in [0.25, 0.3) is 0 Å². The zero-order valence-corrected chi connectivity index (χ0v) is 18.1. The van der Waals surface area contributed by atoms with Gasteiger partial charge in [0, 0.05) is 38.6 Å². The summed E-state index contributed by atoms with van der Waals surface area (Å²) in [5.41, 5.74) is 2.18. The fourth-order valence-corrected chi connectivity index (χ4v) is 4.30. The first kappa shape index (κ1) is 20.9. The molecule has 0 spiro atoms. The van der Waals surface area contributed by atoms with E-state index < -0.39 is 23.1 Å². The summed E-state index contributed by atoms with van der Waals surface area (Å²) in [6.45, 7) is 4.73. The highest BCUT2D eigenvalue weighted by atomic mass is 16.5. The summed E-state index contributed by atoms with van der Waals surface area (Å²) < 4.78 is 12.9. The zero-order valence-electron chi connectivity index (χ0n) is 18.1. The van der Waals surface area contributed by atoms with Gasteiger partial charge in [-0.25, -0.2) is 9.59 Å². The molecule has 1 aromatic carbocycles. The molecule has 0 amide bonds. The van der Waals surface area contributed by atoms with Crippen LogP contribution in [0.3, 0.4) is 0 Å². The van der Waals surface area contributed by atoms with Crippen LogP contribution in [0.1, 0.15) is 24.0 Å². The van der Waals surface area contributed by atoms with Gasteiger partial charge in [0.25, 0.3) is 5.56 Å². The van der Waals surface area contributed by atoms with Crippen molar-refractivity contribution in [1.82, 2.24) is 9.13 Å². The number of rotatable bonds is 3. The minimum absolute atomic E-state index is 0.342. The Kier molecular flexibility index (Phi) is 5.45. The molecule has 1 saturated heterocycles. The minimum atomic E-state index is -0.659. The Balaban J connectivity index is 1.89. The van der Waals surface area contributed by atoms with E-state index in [4.69, 9.17) is 9.47 Å². The maximum Gasteiger partial charge on any atom is 0.336 e. The van der Waals surface area contributed by atoms with Crippen LogP contribution >= 0.6 is 0 Å². The highest BCUT2D eigenvalue weighted by Gasteiger charge is 2.37. The average Bonchev–Trinajstić information content (AvgIpc) is 2.80. The first-order valence-electron chi connectivity index (χ1n) is 10.1. The summed E-state index contributed by atoms with van der Waals surface area (Å²) in [6.07, 6.45) is 0. The molecule has 31 heavy (non-hydrogen) atoms. The van der Waals surface area contributed by atoms with E-state index in [0.717, 1.165) is 28.9 Å². The fraction of sp³-hybridized carbons (Fsp3) is 0.409. The van der Waals surface area contributed by atoms with Gasteiger partial charge in [-0.2, -0.15) is 0 Å². The van der Waals surface area contributed by atoms with Gasteiger partial charge in [0.2, 0.25) is 0 Å². The predicted molar refractivity (Wildman–Crippen MR) is 117 cm³/mol. The second-order valence-electron chi connectivity index (χ2n) is 7.75. The summed E-state index contributed by atoms with van der Waals surface area (Å²) in [6, 6.07) is 7.81. The molecule has 0 saturated carbocycles. The molecule has 9 heteroatoms. The van der Waals surface area contributed by atoms with Crippen molar-refractivity contribution in [3.8, 4) is 0 Å². The van der Waals surface area contributed by atoms with Crippen LogP contribution in [-0.4, -0.2) is 48.5 Å². The lowest BCUT2D eigenvalue weighted by Crippen LogP contribution is -2.43. The van der Waals surface area contributed by atoms with Crippen molar-refractivity contribution in [2.45, 2.75) is 12.8 Å². The average molecular weight is 426 g/mol. The molecule has 1 atom stereocenters. The number of allylic oxidation sites excluding steroid dienone is 1. The van der Waals surface area contributed by atoms with Crippen LogP contribution in [0, 0.1) is 0 Å². The summed E-state index contributed by atoms with van der Waals surface area (Å²) in [5, 5.41) is 3.07. The number of methoxy groups -OCH3 is 1. The van der Waals surface area contributed by atoms with Crippen molar-refractivity contribution >= 4 is 17.5 Å². The van der Waals surface area contributed by atoms with Crippen molar-refractivity contribution in [3.05, 3.63) is 67.5 Å². The van der Waals surface area contributed by atoms with E-state index in [9.17, 15) is 14.4 Å². The van der Waals surface area contributed by atoms with Gasteiger partial charge in [0.15, 0.2) is 0 Å². The number of aromatic nitrogens is 2. The van der Waals surface area contributed by atoms with Gasteiger partial charge in [-0.1, -0.05) is 12.1 Å². The Bertz CT molecular complexity index is 1170. The number of hydrogen-bond acceptors (Lipinski definition) is 7. The molecule has 1 unspecified atom stereocenters. The number of fused-ring (bicyclic) bond motifs is 1. The SMILES string of the molecule is COC(=O)C1=C(C)Nc2c(c(=O)n(C)c(=O)n2C)C1c1ccc(N2CCOCC2)cc1. The Labute approximate surface area is 179 Å². The lowest BCUT2D eigenvalue weighted by Gasteiger charge is -2.31. The van der Waals surface area contributed by atoms with Gasteiger partial charge >= 0.3 is 11.7 Å². The van der Waals surface area contributed by atoms with Gasteiger partial charge in [0.1, 0.15) is 5.82 Å². The maximum absolute atomic E-state index is 13.2. The molecular formula is C22H26N4O5. The van der Waals surface area contributed by atoms with E-state index in [1.165, 1.54) is 18.7 Å².